The highest BCUT2D eigenvalue weighted by Gasteiger charge is 2.00. The summed E-state index contributed by atoms with van der Waals surface area (Å²) in [5.74, 6) is 1.46. The Labute approximate surface area is 99.0 Å². The number of nitrogens with one attached hydrogen (secondary N) is 1. The number of imidazole rings is 1. The zero-order valence-electron chi connectivity index (χ0n) is 9.46. The molecule has 6 nitrogen and oxygen atoms in total. The number of hydrogen-bond donors (Lipinski definition) is 1. The van der Waals surface area contributed by atoms with Gasteiger partial charge >= 0.3 is 0 Å². The highest BCUT2D eigenvalue weighted by atomic mass is 15.1. The van der Waals surface area contributed by atoms with Crippen LogP contribution in [-0.4, -0.2) is 26.1 Å². The lowest BCUT2D eigenvalue weighted by molar-refractivity contribution is 0.786. The Morgan fingerprint density at radius 1 is 1.41 bits per heavy atom. The van der Waals surface area contributed by atoms with Gasteiger partial charge in [-0.3, -0.25) is 0 Å². The molecule has 2 rings (SSSR count). The third-order valence-corrected chi connectivity index (χ3v) is 2.32. The van der Waals surface area contributed by atoms with Crippen LogP contribution in [0.15, 0.2) is 24.7 Å². The van der Waals surface area contributed by atoms with Gasteiger partial charge in [0.25, 0.3) is 0 Å². The second-order valence-corrected chi connectivity index (χ2v) is 3.51. The van der Waals surface area contributed by atoms with Crippen LogP contribution in [0.1, 0.15) is 11.5 Å². The number of nitriles is 1. The number of nitrogens with zero attached hydrogens (tertiary/aromatic N) is 5. The minimum Gasteiger partial charge on any atom is -0.354 e. The van der Waals surface area contributed by atoms with Gasteiger partial charge in [0.05, 0.1) is 0 Å². The predicted octanol–water partition coefficient (Wildman–Crippen LogP) is 0.736. The van der Waals surface area contributed by atoms with E-state index in [1.807, 2.05) is 23.9 Å². The van der Waals surface area contributed by atoms with Gasteiger partial charge < -0.3 is 9.88 Å². The first kappa shape index (κ1) is 11.1. The summed E-state index contributed by atoms with van der Waals surface area (Å²) in [4.78, 5) is 12.3. The van der Waals surface area contributed by atoms with Crippen molar-refractivity contribution in [3.05, 3.63) is 36.2 Å². The van der Waals surface area contributed by atoms with Crippen molar-refractivity contribution in [3.63, 3.8) is 0 Å². The Balaban J connectivity index is 1.90. The normalized spacial score (nSPS) is 9.88. The first-order chi connectivity index (χ1) is 8.29. The maximum Gasteiger partial charge on any atom is 0.223 e. The van der Waals surface area contributed by atoms with Gasteiger partial charge in [-0.15, -0.1) is 0 Å². The molecule has 0 unspecified atom stereocenters. The van der Waals surface area contributed by atoms with Crippen LogP contribution in [0.3, 0.4) is 0 Å². The SMILES string of the molecule is Cn1ccnc1CCNc1nccc(C#N)n1. The monoisotopic (exact) mass is 228 g/mol. The van der Waals surface area contributed by atoms with Gasteiger partial charge in [-0.25, -0.2) is 15.0 Å². The van der Waals surface area contributed by atoms with Crippen molar-refractivity contribution in [2.75, 3.05) is 11.9 Å². The summed E-state index contributed by atoms with van der Waals surface area (Å²) >= 11 is 0. The molecule has 0 spiro atoms. The van der Waals surface area contributed by atoms with Gasteiger partial charge in [-0.05, 0) is 6.07 Å². The number of rotatable bonds is 4. The molecule has 17 heavy (non-hydrogen) atoms. The summed E-state index contributed by atoms with van der Waals surface area (Å²) in [6.45, 7) is 0.680. The van der Waals surface area contributed by atoms with E-state index in [0.717, 1.165) is 12.2 Å². The number of aryl methyl sites for hydroxylation is 1. The van der Waals surface area contributed by atoms with Crippen molar-refractivity contribution in [3.8, 4) is 6.07 Å². The molecule has 0 bridgehead atoms. The van der Waals surface area contributed by atoms with Crippen molar-refractivity contribution in [2.45, 2.75) is 6.42 Å². The van der Waals surface area contributed by atoms with E-state index in [1.54, 1.807) is 18.5 Å². The summed E-state index contributed by atoms with van der Waals surface area (Å²) in [6, 6.07) is 3.55. The molecule has 2 aromatic heterocycles. The fourth-order valence-corrected chi connectivity index (χ4v) is 1.43. The predicted molar refractivity (Wildman–Crippen MR) is 62.1 cm³/mol. The molecule has 0 fully saturated rings. The van der Waals surface area contributed by atoms with E-state index in [4.69, 9.17) is 5.26 Å². The largest absolute Gasteiger partial charge is 0.354 e. The summed E-state index contributed by atoms with van der Waals surface area (Å²) in [7, 11) is 1.95. The van der Waals surface area contributed by atoms with Crippen LogP contribution in [0.5, 0.6) is 0 Å². The smallest absolute Gasteiger partial charge is 0.223 e. The van der Waals surface area contributed by atoms with Crippen molar-refractivity contribution < 1.29 is 0 Å². The molecule has 2 aromatic rings. The Morgan fingerprint density at radius 2 is 2.29 bits per heavy atom. The van der Waals surface area contributed by atoms with E-state index in [1.165, 1.54) is 0 Å². The average Bonchev–Trinajstić information content (AvgIpc) is 2.76. The van der Waals surface area contributed by atoms with E-state index in [-0.39, 0.29) is 0 Å². The zero-order valence-corrected chi connectivity index (χ0v) is 9.46. The molecule has 6 heteroatoms. The van der Waals surface area contributed by atoms with E-state index in [0.29, 0.717) is 18.2 Å². The molecule has 0 atom stereocenters. The molecule has 0 saturated carbocycles. The van der Waals surface area contributed by atoms with Crippen molar-refractivity contribution in [2.24, 2.45) is 7.05 Å². The molecule has 0 amide bonds. The van der Waals surface area contributed by atoms with Gasteiger partial charge in [0, 0.05) is 38.6 Å². The molecule has 0 radical (unpaired) electrons. The van der Waals surface area contributed by atoms with Crippen LogP contribution in [0, 0.1) is 11.3 Å². The van der Waals surface area contributed by atoms with Crippen LogP contribution in [0.25, 0.3) is 0 Å². The molecule has 0 aromatic carbocycles. The molecule has 0 aliphatic carbocycles. The highest BCUT2D eigenvalue weighted by Crippen LogP contribution is 2.00. The minimum absolute atomic E-state index is 0.361. The van der Waals surface area contributed by atoms with Crippen molar-refractivity contribution >= 4 is 5.95 Å². The molecular formula is C11H12N6. The minimum atomic E-state index is 0.361. The Morgan fingerprint density at radius 3 is 3.00 bits per heavy atom. The van der Waals surface area contributed by atoms with Gasteiger partial charge in [0.15, 0.2) is 0 Å². The average molecular weight is 228 g/mol. The number of hydrogen-bond acceptors (Lipinski definition) is 5. The molecule has 86 valence electrons. The summed E-state index contributed by atoms with van der Waals surface area (Å²) in [5.41, 5.74) is 0.361. The molecule has 1 N–H and O–H groups in total. The number of anilines is 1. The van der Waals surface area contributed by atoms with Gasteiger partial charge in [-0.1, -0.05) is 0 Å². The van der Waals surface area contributed by atoms with E-state index in [2.05, 4.69) is 20.3 Å². The lowest BCUT2D eigenvalue weighted by Gasteiger charge is -2.04. The fourth-order valence-electron chi connectivity index (χ4n) is 1.43. The Hall–Kier alpha value is -2.42. The van der Waals surface area contributed by atoms with Crippen LogP contribution in [0.4, 0.5) is 5.95 Å². The Bertz CT molecular complexity index is 539. The van der Waals surface area contributed by atoms with Gasteiger partial charge in [0.1, 0.15) is 17.6 Å². The number of aromatic nitrogens is 4. The quantitative estimate of drug-likeness (QED) is 0.834. The van der Waals surface area contributed by atoms with Crippen molar-refractivity contribution in [1.82, 2.24) is 19.5 Å². The van der Waals surface area contributed by atoms with Crippen LogP contribution in [0.2, 0.25) is 0 Å². The van der Waals surface area contributed by atoms with Crippen LogP contribution < -0.4 is 5.32 Å². The van der Waals surface area contributed by atoms with E-state index >= 15 is 0 Å². The molecule has 2 heterocycles. The second kappa shape index (κ2) is 5.07. The lowest BCUT2D eigenvalue weighted by atomic mass is 10.4. The zero-order chi connectivity index (χ0) is 12.1. The van der Waals surface area contributed by atoms with Crippen molar-refractivity contribution in [1.29, 1.82) is 5.26 Å². The first-order valence-corrected chi connectivity index (χ1v) is 5.23. The molecule has 0 aliphatic rings. The first-order valence-electron chi connectivity index (χ1n) is 5.23. The maximum atomic E-state index is 8.69. The highest BCUT2D eigenvalue weighted by molar-refractivity contribution is 5.29. The van der Waals surface area contributed by atoms with E-state index < -0.39 is 0 Å². The van der Waals surface area contributed by atoms with Crippen LogP contribution >= 0.6 is 0 Å². The van der Waals surface area contributed by atoms with Gasteiger partial charge in [-0.2, -0.15) is 5.26 Å². The topological polar surface area (TPSA) is 79.4 Å². The third-order valence-electron chi connectivity index (χ3n) is 2.32. The van der Waals surface area contributed by atoms with Crippen LogP contribution in [-0.2, 0) is 13.5 Å². The summed E-state index contributed by atoms with van der Waals surface area (Å²) in [6.07, 6.45) is 6.02. The third kappa shape index (κ3) is 2.78. The summed E-state index contributed by atoms with van der Waals surface area (Å²) in [5, 5.41) is 11.8. The van der Waals surface area contributed by atoms with Gasteiger partial charge in [0.2, 0.25) is 5.95 Å². The molecule has 0 aliphatic heterocycles. The summed E-state index contributed by atoms with van der Waals surface area (Å²) < 4.78 is 1.97. The molecular weight excluding hydrogens is 216 g/mol. The fraction of sp³-hybridized carbons (Fsp3) is 0.273. The Kier molecular flexibility index (Phi) is 3.31. The molecule has 0 saturated heterocycles. The lowest BCUT2D eigenvalue weighted by Crippen LogP contribution is -2.10. The maximum absolute atomic E-state index is 8.69. The van der Waals surface area contributed by atoms with E-state index in [9.17, 15) is 0 Å². The second-order valence-electron chi connectivity index (χ2n) is 3.51. The standard InChI is InChI=1S/C11H12N6/c1-17-7-6-13-10(17)3-5-15-11-14-4-2-9(8-12)16-11/h2,4,6-7H,3,5H2,1H3,(H,14,15,16).